The Balaban J connectivity index is 1.68. The van der Waals surface area contributed by atoms with Gasteiger partial charge in [0.25, 0.3) is 0 Å². The molecule has 6 atom stereocenters. The van der Waals surface area contributed by atoms with Gasteiger partial charge in [-0.05, 0) is 79.6 Å². The van der Waals surface area contributed by atoms with E-state index in [4.69, 9.17) is 0 Å². The van der Waals surface area contributed by atoms with Crippen LogP contribution in [0.5, 0.6) is 0 Å². The lowest BCUT2D eigenvalue weighted by Gasteiger charge is -2.60. The topological polar surface area (TPSA) is 34.1 Å². The van der Waals surface area contributed by atoms with Crippen LogP contribution in [0.3, 0.4) is 0 Å². The molecule has 128 valence electrons. The van der Waals surface area contributed by atoms with Gasteiger partial charge in [0.15, 0.2) is 0 Å². The molecule has 4 aliphatic carbocycles. The molecule has 0 amide bonds. The van der Waals surface area contributed by atoms with Gasteiger partial charge in [-0.25, -0.2) is 0 Å². The number of rotatable bonds is 2. The van der Waals surface area contributed by atoms with E-state index in [2.05, 4.69) is 13.2 Å². The Hall–Kier alpha value is -0.310. The predicted molar refractivity (Wildman–Crippen MR) is 94.4 cm³/mol. The Bertz CT molecular complexity index is 530. The number of hydrogen-bond acceptors (Lipinski definition) is 3. The zero-order valence-electron chi connectivity index (χ0n) is 14.6. The van der Waals surface area contributed by atoms with Gasteiger partial charge in [-0.3, -0.25) is 9.59 Å². The van der Waals surface area contributed by atoms with Crippen molar-refractivity contribution in [1.82, 2.24) is 0 Å². The third-order valence-electron chi connectivity index (χ3n) is 8.30. The second-order valence-corrected chi connectivity index (χ2v) is 9.84. The Kier molecular flexibility index (Phi) is 3.94. The minimum absolute atomic E-state index is 0.0148. The minimum atomic E-state index is -0.0148. The van der Waals surface area contributed by atoms with Gasteiger partial charge in [-0.15, -0.1) is 0 Å². The smallest absolute Gasteiger partial charge is 0.139 e. The molecule has 1 unspecified atom stereocenters. The van der Waals surface area contributed by atoms with Gasteiger partial charge in [-0.2, -0.15) is 11.8 Å². The normalized spacial score (nSPS) is 49.5. The standard InChI is InChI=1S/C20H30O2S/c1-19-9-8-17-15(16(19)5-6-18(19)22)4-3-13-11-14(21)7-10-20(13,17)12-23-2/h13,15-17H,3-12H2,1-2H3/t13?,15-,16-,17-,19-,20+/m0/s1. The van der Waals surface area contributed by atoms with Gasteiger partial charge >= 0.3 is 0 Å². The van der Waals surface area contributed by atoms with Gasteiger partial charge in [0, 0.05) is 24.7 Å². The summed E-state index contributed by atoms with van der Waals surface area (Å²) in [5.74, 6) is 5.04. The van der Waals surface area contributed by atoms with Crippen LogP contribution < -0.4 is 0 Å². The highest BCUT2D eigenvalue weighted by molar-refractivity contribution is 7.98. The summed E-state index contributed by atoms with van der Waals surface area (Å²) >= 11 is 1.99. The van der Waals surface area contributed by atoms with Crippen molar-refractivity contribution in [1.29, 1.82) is 0 Å². The van der Waals surface area contributed by atoms with Crippen LogP contribution in [-0.2, 0) is 9.59 Å². The molecule has 0 N–H and O–H groups in total. The van der Waals surface area contributed by atoms with E-state index < -0.39 is 0 Å². The van der Waals surface area contributed by atoms with E-state index in [-0.39, 0.29) is 5.41 Å². The van der Waals surface area contributed by atoms with Gasteiger partial charge in [-0.1, -0.05) is 6.92 Å². The fourth-order valence-corrected chi connectivity index (χ4v) is 8.30. The van der Waals surface area contributed by atoms with Gasteiger partial charge < -0.3 is 0 Å². The lowest BCUT2D eigenvalue weighted by atomic mass is 9.45. The fourth-order valence-electron chi connectivity index (χ4n) is 7.17. The molecule has 0 aromatic heterocycles. The molecule has 0 aliphatic heterocycles. The predicted octanol–water partition coefficient (Wildman–Crippen LogP) is 4.51. The molecule has 4 saturated carbocycles. The highest BCUT2D eigenvalue weighted by Crippen LogP contribution is 2.65. The molecule has 0 radical (unpaired) electrons. The van der Waals surface area contributed by atoms with Crippen LogP contribution >= 0.6 is 11.8 Å². The summed E-state index contributed by atoms with van der Waals surface area (Å²) in [5.41, 5.74) is 0.377. The Labute approximate surface area is 144 Å². The van der Waals surface area contributed by atoms with Crippen molar-refractivity contribution < 1.29 is 9.59 Å². The molecule has 4 rings (SSSR count). The molecule has 0 aromatic rings. The van der Waals surface area contributed by atoms with Crippen LogP contribution in [0.25, 0.3) is 0 Å². The molecular weight excluding hydrogens is 304 g/mol. The molecule has 2 nitrogen and oxygen atoms in total. The quantitative estimate of drug-likeness (QED) is 0.745. The maximum absolute atomic E-state index is 12.5. The molecule has 23 heavy (non-hydrogen) atoms. The molecule has 3 heteroatoms. The van der Waals surface area contributed by atoms with Gasteiger partial charge in [0.2, 0.25) is 0 Å². The first-order valence-electron chi connectivity index (χ1n) is 9.55. The SMILES string of the molecule is CSC[C@]12CCC(=O)CC1CC[C@@H]1[C@@H]2CC[C@]2(C)C(=O)CC[C@@H]12. The summed E-state index contributed by atoms with van der Waals surface area (Å²) in [4.78, 5) is 24.5. The van der Waals surface area contributed by atoms with E-state index in [0.29, 0.717) is 28.8 Å². The third kappa shape index (κ3) is 2.21. The van der Waals surface area contributed by atoms with E-state index in [0.717, 1.165) is 50.4 Å². The highest BCUT2D eigenvalue weighted by atomic mass is 32.2. The van der Waals surface area contributed by atoms with Gasteiger partial charge in [0.05, 0.1) is 0 Å². The van der Waals surface area contributed by atoms with E-state index in [1.54, 1.807) is 0 Å². The summed E-state index contributed by atoms with van der Waals surface area (Å²) < 4.78 is 0. The van der Waals surface area contributed by atoms with Crippen molar-refractivity contribution in [2.45, 2.75) is 64.7 Å². The second kappa shape index (κ2) is 5.61. The molecule has 0 aromatic carbocycles. The molecule has 0 heterocycles. The second-order valence-electron chi connectivity index (χ2n) is 8.98. The van der Waals surface area contributed by atoms with Crippen molar-refractivity contribution >= 4 is 23.3 Å². The minimum Gasteiger partial charge on any atom is -0.300 e. The Morgan fingerprint density at radius 3 is 2.65 bits per heavy atom. The number of fused-ring (bicyclic) bond motifs is 5. The van der Waals surface area contributed by atoms with Crippen molar-refractivity contribution in [3.05, 3.63) is 0 Å². The third-order valence-corrected chi connectivity index (χ3v) is 9.13. The van der Waals surface area contributed by atoms with Crippen LogP contribution in [0.1, 0.15) is 64.7 Å². The Morgan fingerprint density at radius 2 is 1.87 bits per heavy atom. The largest absolute Gasteiger partial charge is 0.300 e. The van der Waals surface area contributed by atoms with E-state index >= 15 is 0 Å². The van der Waals surface area contributed by atoms with E-state index in [9.17, 15) is 9.59 Å². The summed E-state index contributed by atoms with van der Waals surface area (Å²) in [6, 6.07) is 0. The molecule has 4 aliphatic rings. The summed E-state index contributed by atoms with van der Waals surface area (Å²) in [7, 11) is 0. The summed E-state index contributed by atoms with van der Waals surface area (Å²) in [6.07, 6.45) is 11.8. The van der Waals surface area contributed by atoms with Gasteiger partial charge in [0.1, 0.15) is 11.6 Å². The monoisotopic (exact) mass is 334 g/mol. The van der Waals surface area contributed by atoms with E-state index in [1.807, 2.05) is 11.8 Å². The zero-order valence-corrected chi connectivity index (χ0v) is 15.4. The number of carbonyl (C=O) groups excluding carboxylic acids is 2. The number of ketones is 2. The van der Waals surface area contributed by atoms with Crippen LogP contribution in [0.2, 0.25) is 0 Å². The maximum atomic E-state index is 12.5. The number of Topliss-reactive ketones (excluding diaryl/α,β-unsaturated/α-hetero) is 2. The first kappa shape index (κ1) is 16.2. The molecule has 0 bridgehead atoms. The van der Waals surface area contributed by atoms with Crippen molar-refractivity contribution in [3.63, 3.8) is 0 Å². The maximum Gasteiger partial charge on any atom is 0.139 e. The lowest BCUT2D eigenvalue weighted by molar-refractivity contribution is -0.143. The summed E-state index contributed by atoms with van der Waals surface area (Å²) in [5, 5.41) is 0. The molecular formula is C20H30O2S. The van der Waals surface area contributed by atoms with Crippen molar-refractivity contribution in [3.8, 4) is 0 Å². The first-order valence-corrected chi connectivity index (χ1v) is 10.9. The Morgan fingerprint density at radius 1 is 1.04 bits per heavy atom. The fraction of sp³-hybridized carbons (Fsp3) is 0.900. The van der Waals surface area contributed by atoms with Crippen LogP contribution in [0, 0.1) is 34.5 Å². The van der Waals surface area contributed by atoms with Crippen LogP contribution in [0.15, 0.2) is 0 Å². The molecule has 4 fully saturated rings. The highest BCUT2D eigenvalue weighted by Gasteiger charge is 2.61. The first-order chi connectivity index (χ1) is 11.0. The number of hydrogen-bond donors (Lipinski definition) is 0. The number of thioether (sulfide) groups is 1. The average molecular weight is 335 g/mol. The molecule has 0 saturated heterocycles. The van der Waals surface area contributed by atoms with E-state index in [1.165, 1.54) is 25.0 Å². The van der Waals surface area contributed by atoms with Crippen molar-refractivity contribution in [2.24, 2.45) is 34.5 Å². The average Bonchev–Trinajstić information content (AvgIpc) is 2.84. The zero-order chi connectivity index (χ0) is 16.2. The molecule has 0 spiro atoms. The lowest BCUT2D eigenvalue weighted by Crippen LogP contribution is -2.55. The number of carbonyl (C=O) groups is 2. The summed E-state index contributed by atoms with van der Waals surface area (Å²) in [6.45, 7) is 2.26. The van der Waals surface area contributed by atoms with Crippen molar-refractivity contribution in [2.75, 3.05) is 12.0 Å². The van der Waals surface area contributed by atoms with Crippen LogP contribution in [0.4, 0.5) is 0 Å². The van der Waals surface area contributed by atoms with Crippen LogP contribution in [-0.4, -0.2) is 23.6 Å².